The van der Waals surface area contributed by atoms with Gasteiger partial charge < -0.3 is 15.0 Å². The van der Waals surface area contributed by atoms with Gasteiger partial charge in [0.2, 0.25) is 0 Å². The molecule has 1 heterocycles. The molecular formula is C14H17N3O2S. The van der Waals surface area contributed by atoms with Gasteiger partial charge in [-0.1, -0.05) is 42.1 Å². The van der Waals surface area contributed by atoms with E-state index in [1.807, 2.05) is 48.1 Å². The molecule has 106 valence electrons. The predicted molar refractivity (Wildman–Crippen MR) is 78.3 cm³/mol. The van der Waals surface area contributed by atoms with Gasteiger partial charge in [-0.25, -0.2) is 9.78 Å². The fraction of sp³-hybridized carbons (Fsp3) is 0.286. The van der Waals surface area contributed by atoms with Crippen molar-refractivity contribution < 1.29 is 9.53 Å². The molecular weight excluding hydrogens is 274 g/mol. The van der Waals surface area contributed by atoms with E-state index >= 15 is 0 Å². The van der Waals surface area contributed by atoms with Crippen molar-refractivity contribution in [1.29, 1.82) is 0 Å². The highest BCUT2D eigenvalue weighted by atomic mass is 32.2. The minimum atomic E-state index is -1.19. The summed E-state index contributed by atoms with van der Waals surface area (Å²) in [5.41, 5.74) is 5.85. The lowest BCUT2D eigenvalue weighted by atomic mass is 9.93. The maximum absolute atomic E-state index is 12.1. The number of carbonyl (C=O) groups excluding carboxylic acids is 1. The summed E-state index contributed by atoms with van der Waals surface area (Å²) in [7, 11) is 3.24. The molecule has 1 aromatic heterocycles. The third-order valence-corrected chi connectivity index (χ3v) is 4.30. The number of esters is 1. The van der Waals surface area contributed by atoms with E-state index in [0.29, 0.717) is 5.75 Å². The Morgan fingerprint density at radius 3 is 2.70 bits per heavy atom. The molecule has 2 rings (SSSR count). The van der Waals surface area contributed by atoms with Crippen molar-refractivity contribution in [3.8, 4) is 0 Å². The Kier molecular flexibility index (Phi) is 4.46. The minimum absolute atomic E-state index is 0.356. The van der Waals surface area contributed by atoms with Gasteiger partial charge in [0.15, 0.2) is 5.16 Å². The van der Waals surface area contributed by atoms with Crippen molar-refractivity contribution in [3.63, 3.8) is 0 Å². The molecule has 0 spiro atoms. The van der Waals surface area contributed by atoms with Crippen LogP contribution in [0, 0.1) is 0 Å². The zero-order valence-electron chi connectivity index (χ0n) is 11.4. The number of ether oxygens (including phenoxy) is 1. The molecule has 2 aromatic rings. The summed E-state index contributed by atoms with van der Waals surface area (Å²) in [6.07, 6.45) is 3.56. The van der Waals surface area contributed by atoms with Crippen LogP contribution in [0.4, 0.5) is 0 Å². The Morgan fingerprint density at radius 2 is 2.15 bits per heavy atom. The SMILES string of the molecule is COC(=O)C(N)(CSc1nccn1C)c1ccccc1. The van der Waals surface area contributed by atoms with Crippen LogP contribution in [-0.4, -0.2) is 28.4 Å². The third kappa shape index (κ3) is 2.86. The molecule has 0 radical (unpaired) electrons. The maximum atomic E-state index is 12.1. The molecule has 0 saturated heterocycles. The van der Waals surface area contributed by atoms with Crippen LogP contribution in [0.5, 0.6) is 0 Å². The minimum Gasteiger partial charge on any atom is -0.467 e. The summed E-state index contributed by atoms with van der Waals surface area (Å²) in [5.74, 6) is -0.0976. The van der Waals surface area contributed by atoms with Gasteiger partial charge in [-0.3, -0.25) is 0 Å². The monoisotopic (exact) mass is 291 g/mol. The van der Waals surface area contributed by atoms with E-state index in [9.17, 15) is 4.79 Å². The number of carbonyl (C=O) groups is 1. The number of hydrogen-bond acceptors (Lipinski definition) is 5. The van der Waals surface area contributed by atoms with E-state index in [1.165, 1.54) is 18.9 Å². The standard InChI is InChI=1S/C14H17N3O2S/c1-17-9-8-16-13(17)20-10-14(15,12(18)19-2)11-6-4-3-5-7-11/h3-9H,10,15H2,1-2H3. The van der Waals surface area contributed by atoms with Crippen molar-refractivity contribution in [2.45, 2.75) is 10.7 Å². The Labute approximate surface area is 122 Å². The topological polar surface area (TPSA) is 70.1 Å². The van der Waals surface area contributed by atoms with Gasteiger partial charge >= 0.3 is 5.97 Å². The van der Waals surface area contributed by atoms with Crippen LogP contribution in [0.1, 0.15) is 5.56 Å². The Bertz CT molecular complexity index is 585. The van der Waals surface area contributed by atoms with Crippen molar-refractivity contribution in [3.05, 3.63) is 48.3 Å². The van der Waals surface area contributed by atoms with E-state index in [4.69, 9.17) is 10.5 Å². The summed E-state index contributed by atoms with van der Waals surface area (Å²) < 4.78 is 6.75. The normalized spacial score (nSPS) is 13.8. The number of aryl methyl sites for hydroxylation is 1. The summed E-state index contributed by atoms with van der Waals surface area (Å²) in [6.45, 7) is 0. The van der Waals surface area contributed by atoms with E-state index in [1.54, 1.807) is 6.20 Å². The van der Waals surface area contributed by atoms with E-state index in [-0.39, 0.29) is 0 Å². The first-order chi connectivity index (χ1) is 9.58. The number of methoxy groups -OCH3 is 1. The van der Waals surface area contributed by atoms with Gasteiger partial charge in [0.05, 0.1) is 7.11 Å². The second kappa shape index (κ2) is 6.11. The lowest BCUT2D eigenvalue weighted by Gasteiger charge is -2.26. The number of hydrogen-bond donors (Lipinski definition) is 1. The average molecular weight is 291 g/mol. The summed E-state index contributed by atoms with van der Waals surface area (Å²) in [5, 5.41) is 0.805. The highest BCUT2D eigenvalue weighted by molar-refractivity contribution is 7.99. The summed E-state index contributed by atoms with van der Waals surface area (Å²) >= 11 is 1.43. The van der Waals surface area contributed by atoms with Gasteiger partial charge in [-0.05, 0) is 5.56 Å². The second-order valence-electron chi connectivity index (χ2n) is 4.44. The molecule has 0 bridgehead atoms. The molecule has 0 amide bonds. The first-order valence-electron chi connectivity index (χ1n) is 6.11. The van der Waals surface area contributed by atoms with E-state index in [2.05, 4.69) is 4.98 Å². The molecule has 0 aliphatic carbocycles. The molecule has 1 unspecified atom stereocenters. The summed E-state index contributed by atoms with van der Waals surface area (Å²) in [6, 6.07) is 9.25. The largest absolute Gasteiger partial charge is 0.467 e. The van der Waals surface area contributed by atoms with Gasteiger partial charge in [0.1, 0.15) is 5.54 Å². The number of nitrogens with zero attached hydrogens (tertiary/aromatic N) is 2. The van der Waals surface area contributed by atoms with E-state index in [0.717, 1.165) is 10.7 Å². The van der Waals surface area contributed by atoms with Crippen molar-refractivity contribution in [1.82, 2.24) is 9.55 Å². The first-order valence-corrected chi connectivity index (χ1v) is 7.09. The van der Waals surface area contributed by atoms with E-state index < -0.39 is 11.5 Å². The molecule has 0 aliphatic heterocycles. The lowest BCUT2D eigenvalue weighted by Crippen LogP contribution is -2.48. The molecule has 0 fully saturated rings. The van der Waals surface area contributed by atoms with Gasteiger partial charge in [-0.15, -0.1) is 0 Å². The van der Waals surface area contributed by atoms with Crippen LogP contribution in [0.15, 0.2) is 47.9 Å². The number of rotatable bonds is 5. The van der Waals surface area contributed by atoms with Crippen LogP contribution in [0.3, 0.4) is 0 Å². The fourth-order valence-corrected chi connectivity index (χ4v) is 2.89. The number of imidazole rings is 1. The molecule has 20 heavy (non-hydrogen) atoms. The first kappa shape index (κ1) is 14.6. The number of benzene rings is 1. The second-order valence-corrected chi connectivity index (χ2v) is 5.38. The molecule has 1 atom stereocenters. The van der Waals surface area contributed by atoms with Crippen LogP contribution in [0.25, 0.3) is 0 Å². The zero-order valence-corrected chi connectivity index (χ0v) is 12.3. The van der Waals surface area contributed by atoms with Crippen molar-refractivity contribution in [2.75, 3.05) is 12.9 Å². The van der Waals surface area contributed by atoms with Crippen molar-refractivity contribution in [2.24, 2.45) is 12.8 Å². The fourth-order valence-electron chi connectivity index (χ4n) is 1.85. The van der Waals surface area contributed by atoms with Gasteiger partial charge in [-0.2, -0.15) is 0 Å². The van der Waals surface area contributed by atoms with Gasteiger partial charge in [0.25, 0.3) is 0 Å². The Balaban J connectivity index is 2.24. The molecule has 1 aromatic carbocycles. The number of nitrogens with two attached hydrogens (primary N) is 1. The third-order valence-electron chi connectivity index (χ3n) is 3.04. The van der Waals surface area contributed by atoms with Crippen molar-refractivity contribution >= 4 is 17.7 Å². The summed E-state index contributed by atoms with van der Waals surface area (Å²) in [4.78, 5) is 16.3. The quantitative estimate of drug-likeness (QED) is 0.668. The molecule has 0 aliphatic rings. The smallest absolute Gasteiger partial charge is 0.331 e. The van der Waals surface area contributed by atoms with Crippen LogP contribution < -0.4 is 5.73 Å². The van der Waals surface area contributed by atoms with Crippen LogP contribution in [-0.2, 0) is 22.1 Å². The molecule has 0 saturated carbocycles. The highest BCUT2D eigenvalue weighted by Gasteiger charge is 2.37. The molecule has 5 nitrogen and oxygen atoms in total. The molecule has 2 N–H and O–H groups in total. The van der Waals surface area contributed by atoms with Crippen LogP contribution >= 0.6 is 11.8 Å². The Morgan fingerprint density at radius 1 is 1.45 bits per heavy atom. The lowest BCUT2D eigenvalue weighted by molar-refractivity contribution is -0.146. The maximum Gasteiger partial charge on any atom is 0.331 e. The Hall–Kier alpha value is -1.79. The average Bonchev–Trinajstić information content (AvgIpc) is 2.90. The van der Waals surface area contributed by atoms with Gasteiger partial charge in [0, 0.05) is 25.2 Å². The number of thioether (sulfide) groups is 1. The zero-order chi connectivity index (χ0) is 14.6. The highest BCUT2D eigenvalue weighted by Crippen LogP contribution is 2.28. The molecule has 6 heteroatoms. The predicted octanol–water partition coefficient (Wildman–Crippen LogP) is 1.54. The number of aromatic nitrogens is 2. The van der Waals surface area contributed by atoms with Crippen LogP contribution in [0.2, 0.25) is 0 Å².